The highest BCUT2D eigenvalue weighted by Gasteiger charge is 2.63. The van der Waals surface area contributed by atoms with E-state index in [1.54, 1.807) is 45.0 Å². The molecule has 10 heteroatoms. The Hall–Kier alpha value is -3.95. The number of imide groups is 1. The zero-order valence-electron chi connectivity index (χ0n) is 20.4. The first kappa shape index (κ1) is 25.7. The van der Waals surface area contributed by atoms with E-state index in [4.69, 9.17) is 9.47 Å². The van der Waals surface area contributed by atoms with Crippen LogP contribution in [0.3, 0.4) is 0 Å². The number of ether oxygens (including phenoxy) is 2. The van der Waals surface area contributed by atoms with E-state index in [2.05, 4.69) is 5.32 Å². The smallest absolute Gasteiger partial charge is 0.338 e. The number of amides is 3. The van der Waals surface area contributed by atoms with Crippen molar-refractivity contribution in [2.75, 3.05) is 5.32 Å². The number of hydrogen-bond donors (Lipinski definition) is 1. The van der Waals surface area contributed by atoms with Crippen LogP contribution < -0.4 is 10.1 Å². The van der Waals surface area contributed by atoms with Gasteiger partial charge >= 0.3 is 12.0 Å². The molecule has 0 radical (unpaired) electrons. The lowest BCUT2D eigenvalue weighted by molar-refractivity contribution is -0.384. The molecule has 2 aromatic rings. The molecule has 3 amide bonds. The van der Waals surface area contributed by atoms with Gasteiger partial charge in [-0.25, -0.2) is 14.5 Å². The Morgan fingerprint density at radius 3 is 2.11 bits per heavy atom. The van der Waals surface area contributed by atoms with Gasteiger partial charge in [-0.1, -0.05) is 13.8 Å². The van der Waals surface area contributed by atoms with E-state index in [1.807, 2.05) is 13.8 Å². The molecule has 0 aliphatic carbocycles. The van der Waals surface area contributed by atoms with Gasteiger partial charge in [-0.05, 0) is 70.0 Å². The number of urea groups is 1. The van der Waals surface area contributed by atoms with Gasteiger partial charge in [0.1, 0.15) is 16.8 Å². The van der Waals surface area contributed by atoms with Gasteiger partial charge in [-0.15, -0.1) is 0 Å². The fourth-order valence-electron chi connectivity index (χ4n) is 3.88. The third-order valence-corrected chi connectivity index (χ3v) is 5.90. The summed E-state index contributed by atoms with van der Waals surface area (Å²) in [7, 11) is 0. The zero-order valence-corrected chi connectivity index (χ0v) is 20.4. The Bertz CT molecular complexity index is 1120. The second-order valence-electron chi connectivity index (χ2n) is 9.27. The number of hydrogen-bond acceptors (Lipinski definition) is 7. The van der Waals surface area contributed by atoms with Gasteiger partial charge in [0.2, 0.25) is 5.91 Å². The fraction of sp³-hybridized carbons (Fsp3) is 0.400. The number of carbonyl (C=O) groups is 3. The number of esters is 1. The van der Waals surface area contributed by atoms with E-state index in [-0.39, 0.29) is 11.6 Å². The summed E-state index contributed by atoms with van der Waals surface area (Å²) in [4.78, 5) is 49.5. The van der Waals surface area contributed by atoms with Crippen molar-refractivity contribution in [2.45, 2.75) is 59.3 Å². The largest absolute Gasteiger partial charge is 0.469 e. The van der Waals surface area contributed by atoms with E-state index >= 15 is 0 Å². The van der Waals surface area contributed by atoms with Crippen LogP contribution in [0, 0.1) is 15.5 Å². The average molecular weight is 484 g/mol. The van der Waals surface area contributed by atoms with Crippen molar-refractivity contribution < 1.29 is 28.8 Å². The van der Waals surface area contributed by atoms with Crippen LogP contribution in [0.15, 0.2) is 48.5 Å². The highest BCUT2D eigenvalue weighted by molar-refractivity contribution is 6.07. The van der Waals surface area contributed by atoms with Crippen molar-refractivity contribution in [1.82, 2.24) is 4.90 Å². The third-order valence-electron chi connectivity index (χ3n) is 5.90. The molecule has 1 N–H and O–H groups in total. The molecular weight excluding hydrogens is 454 g/mol. The lowest BCUT2D eigenvalue weighted by Gasteiger charge is -2.53. The molecule has 1 aliphatic heterocycles. The molecule has 2 aromatic carbocycles. The molecule has 3 rings (SSSR count). The topological polar surface area (TPSA) is 128 Å². The summed E-state index contributed by atoms with van der Waals surface area (Å²) in [5.74, 6) is -0.449. The average Bonchev–Trinajstić information content (AvgIpc) is 2.79. The summed E-state index contributed by atoms with van der Waals surface area (Å²) < 4.78 is 11.4. The Morgan fingerprint density at radius 2 is 1.63 bits per heavy atom. The van der Waals surface area contributed by atoms with Crippen LogP contribution in [-0.4, -0.2) is 39.6 Å². The van der Waals surface area contributed by atoms with Gasteiger partial charge in [-0.2, -0.15) is 0 Å². The van der Waals surface area contributed by atoms with Crippen LogP contribution in [0.1, 0.15) is 57.8 Å². The number of nitrogens with zero attached hydrogens (tertiary/aromatic N) is 2. The maximum Gasteiger partial charge on any atom is 0.338 e. The maximum absolute atomic E-state index is 13.0. The maximum atomic E-state index is 13.0. The number of anilines is 1. The summed E-state index contributed by atoms with van der Waals surface area (Å²) in [5, 5.41) is 13.4. The highest BCUT2D eigenvalue weighted by atomic mass is 16.6. The predicted molar refractivity (Wildman–Crippen MR) is 128 cm³/mol. The zero-order chi connectivity index (χ0) is 26.0. The van der Waals surface area contributed by atoms with E-state index < -0.39 is 34.2 Å². The van der Waals surface area contributed by atoms with Crippen molar-refractivity contribution in [2.24, 2.45) is 5.41 Å². The van der Waals surface area contributed by atoms with Crippen LogP contribution in [0.2, 0.25) is 0 Å². The Labute approximate surface area is 203 Å². The molecule has 1 atom stereocenters. The van der Waals surface area contributed by atoms with Crippen molar-refractivity contribution in [3.63, 3.8) is 0 Å². The van der Waals surface area contributed by atoms with E-state index in [9.17, 15) is 24.5 Å². The van der Waals surface area contributed by atoms with Gasteiger partial charge in [0, 0.05) is 17.8 Å². The fourth-order valence-corrected chi connectivity index (χ4v) is 3.88. The molecule has 1 fully saturated rings. The third kappa shape index (κ3) is 5.26. The Kier molecular flexibility index (Phi) is 7.14. The lowest BCUT2D eigenvalue weighted by Crippen LogP contribution is -2.73. The molecule has 186 valence electrons. The SMILES string of the molecule is CCC1(CC)C(=O)N(C(=O)Nc2ccc([N+](=O)[O-])cc2)C1Oc1ccc(C(=O)OC(C)(C)C)cc1. The number of nitro benzene ring substituents is 1. The van der Waals surface area contributed by atoms with Gasteiger partial charge < -0.3 is 14.8 Å². The molecule has 35 heavy (non-hydrogen) atoms. The number of β-lactam (4-membered cyclic amide) rings is 1. The molecule has 0 aromatic heterocycles. The summed E-state index contributed by atoms with van der Waals surface area (Å²) in [6, 6.07) is 10.9. The van der Waals surface area contributed by atoms with Crippen molar-refractivity contribution in [3.05, 3.63) is 64.2 Å². The predicted octanol–water partition coefficient (Wildman–Crippen LogP) is 5.14. The normalized spacial score (nSPS) is 16.8. The standard InChI is InChI=1S/C25H29N3O7/c1-6-25(7-2)21(30)27(23(31)26-17-10-12-18(13-11-17)28(32)33)22(25)34-19-14-8-16(9-15-19)20(29)35-24(3,4)5/h8-15,22H,6-7H2,1-5H3,(H,26,31). The first-order valence-corrected chi connectivity index (χ1v) is 11.3. The number of likely N-dealkylation sites (tertiary alicyclic amines) is 1. The first-order chi connectivity index (χ1) is 16.4. The van der Waals surface area contributed by atoms with Crippen molar-refractivity contribution >= 4 is 29.3 Å². The van der Waals surface area contributed by atoms with Crippen molar-refractivity contribution in [1.29, 1.82) is 0 Å². The first-order valence-electron chi connectivity index (χ1n) is 11.3. The van der Waals surface area contributed by atoms with Crippen LogP contribution in [0.4, 0.5) is 16.2 Å². The molecule has 1 unspecified atom stereocenters. The number of non-ortho nitro benzene ring substituents is 1. The molecule has 1 saturated heterocycles. The summed E-state index contributed by atoms with van der Waals surface area (Å²) in [6.07, 6.45) is 0.0599. The summed E-state index contributed by atoms with van der Waals surface area (Å²) >= 11 is 0. The molecule has 0 bridgehead atoms. The second kappa shape index (κ2) is 9.73. The summed E-state index contributed by atoms with van der Waals surface area (Å²) in [6.45, 7) is 9.05. The van der Waals surface area contributed by atoms with Gasteiger partial charge in [0.15, 0.2) is 6.23 Å². The second-order valence-corrected chi connectivity index (χ2v) is 9.27. The molecule has 1 heterocycles. The molecule has 0 spiro atoms. The van der Waals surface area contributed by atoms with E-state index in [1.165, 1.54) is 24.3 Å². The minimum atomic E-state index is -0.878. The molecular formula is C25H29N3O7. The minimum Gasteiger partial charge on any atom is -0.469 e. The van der Waals surface area contributed by atoms with Gasteiger partial charge in [0.25, 0.3) is 5.69 Å². The Balaban J connectivity index is 1.78. The summed E-state index contributed by atoms with van der Waals surface area (Å²) in [5.41, 5.74) is -0.967. The lowest BCUT2D eigenvalue weighted by atomic mass is 9.72. The Morgan fingerprint density at radius 1 is 1.06 bits per heavy atom. The number of nitro groups is 1. The number of rotatable bonds is 7. The number of carbonyl (C=O) groups excluding carboxylic acids is 3. The van der Waals surface area contributed by atoms with Crippen molar-refractivity contribution in [3.8, 4) is 5.75 Å². The van der Waals surface area contributed by atoms with Gasteiger partial charge in [-0.3, -0.25) is 14.9 Å². The molecule has 0 saturated carbocycles. The molecule has 10 nitrogen and oxygen atoms in total. The monoisotopic (exact) mass is 483 g/mol. The van der Waals surface area contributed by atoms with Gasteiger partial charge in [0.05, 0.1) is 10.5 Å². The molecule has 1 aliphatic rings. The van der Waals surface area contributed by atoms with Crippen LogP contribution >= 0.6 is 0 Å². The van der Waals surface area contributed by atoms with Crippen LogP contribution in [0.5, 0.6) is 5.75 Å². The van der Waals surface area contributed by atoms with E-state index in [0.29, 0.717) is 29.8 Å². The number of nitrogens with one attached hydrogen (secondary N) is 1. The number of benzene rings is 2. The minimum absolute atomic E-state index is 0.116. The van der Waals surface area contributed by atoms with Crippen LogP contribution in [-0.2, 0) is 9.53 Å². The van der Waals surface area contributed by atoms with Crippen LogP contribution in [0.25, 0.3) is 0 Å². The van der Waals surface area contributed by atoms with E-state index in [0.717, 1.165) is 4.90 Å². The quantitative estimate of drug-likeness (QED) is 0.250. The highest BCUT2D eigenvalue weighted by Crippen LogP contribution is 2.46.